The molecule has 0 aliphatic carbocycles. The standard InChI is InChI=1S/C29H32O3/c1-21-10-8-14-26(28(30)31)27(21)23(20-22-11-6-5-7-12-22)13-9-19-32-25-17-15-24(16-18-25)29(2,3)4/h5-8,10-12,14-18,20H,9,13,19H2,1-4H3,(H,30,31)/b23-20-. The van der Waals surface area contributed by atoms with Gasteiger partial charge in [0, 0.05) is 0 Å². The summed E-state index contributed by atoms with van der Waals surface area (Å²) in [5.74, 6) is -0.0495. The molecule has 3 aromatic carbocycles. The highest BCUT2D eigenvalue weighted by Gasteiger charge is 2.16. The summed E-state index contributed by atoms with van der Waals surface area (Å²) in [6, 6.07) is 23.7. The monoisotopic (exact) mass is 428 g/mol. The van der Waals surface area contributed by atoms with Crippen LogP contribution in [0.2, 0.25) is 0 Å². The van der Waals surface area contributed by atoms with Gasteiger partial charge in [-0.05, 0) is 71.2 Å². The minimum absolute atomic E-state index is 0.116. The fourth-order valence-corrected chi connectivity index (χ4v) is 3.80. The second-order valence-electron chi connectivity index (χ2n) is 9.11. The molecule has 166 valence electrons. The van der Waals surface area contributed by atoms with Gasteiger partial charge < -0.3 is 9.84 Å². The fourth-order valence-electron chi connectivity index (χ4n) is 3.80. The van der Waals surface area contributed by atoms with E-state index in [0.29, 0.717) is 12.2 Å². The van der Waals surface area contributed by atoms with Crippen molar-refractivity contribution in [2.75, 3.05) is 6.61 Å². The van der Waals surface area contributed by atoms with Crippen LogP contribution in [0.25, 0.3) is 11.6 Å². The number of benzene rings is 3. The Hall–Kier alpha value is -3.33. The molecule has 0 unspecified atom stereocenters. The molecule has 0 saturated heterocycles. The molecule has 0 radical (unpaired) electrons. The van der Waals surface area contributed by atoms with Gasteiger partial charge >= 0.3 is 5.97 Å². The van der Waals surface area contributed by atoms with Gasteiger partial charge in [0.25, 0.3) is 0 Å². The van der Waals surface area contributed by atoms with Crippen molar-refractivity contribution in [3.05, 3.63) is 101 Å². The molecule has 0 saturated carbocycles. The lowest BCUT2D eigenvalue weighted by Gasteiger charge is -2.19. The van der Waals surface area contributed by atoms with E-state index in [4.69, 9.17) is 4.74 Å². The smallest absolute Gasteiger partial charge is 0.336 e. The number of allylic oxidation sites excluding steroid dienone is 1. The number of hydrogen-bond acceptors (Lipinski definition) is 2. The van der Waals surface area contributed by atoms with E-state index in [0.717, 1.165) is 40.9 Å². The summed E-state index contributed by atoms with van der Waals surface area (Å²) >= 11 is 0. The van der Waals surface area contributed by atoms with E-state index in [9.17, 15) is 9.90 Å². The average molecular weight is 429 g/mol. The predicted octanol–water partition coefficient (Wildman–Crippen LogP) is 7.39. The number of carboxylic acid groups (broad SMARTS) is 1. The molecule has 0 atom stereocenters. The van der Waals surface area contributed by atoms with Gasteiger partial charge in [-0.1, -0.05) is 81.4 Å². The summed E-state index contributed by atoms with van der Waals surface area (Å²) in [6.07, 6.45) is 3.60. The van der Waals surface area contributed by atoms with Crippen molar-refractivity contribution in [2.24, 2.45) is 0 Å². The Labute approximate surface area is 191 Å². The van der Waals surface area contributed by atoms with Crippen molar-refractivity contribution < 1.29 is 14.6 Å². The maximum absolute atomic E-state index is 11.9. The SMILES string of the molecule is Cc1cccc(C(=O)O)c1/C(=C\c1ccccc1)CCCOc1ccc(C(C)(C)C)cc1. The van der Waals surface area contributed by atoms with Crippen LogP contribution in [0.5, 0.6) is 5.75 Å². The molecule has 3 heteroatoms. The zero-order valence-electron chi connectivity index (χ0n) is 19.4. The highest BCUT2D eigenvalue weighted by Crippen LogP contribution is 2.30. The van der Waals surface area contributed by atoms with Crippen molar-refractivity contribution in [3.63, 3.8) is 0 Å². The van der Waals surface area contributed by atoms with E-state index < -0.39 is 5.97 Å². The number of ether oxygens (including phenoxy) is 1. The maximum atomic E-state index is 11.9. The van der Waals surface area contributed by atoms with E-state index in [1.807, 2.05) is 55.5 Å². The molecule has 0 spiro atoms. The molecule has 0 fully saturated rings. The van der Waals surface area contributed by atoms with Gasteiger partial charge in [0.05, 0.1) is 12.2 Å². The highest BCUT2D eigenvalue weighted by molar-refractivity contribution is 5.97. The first-order valence-corrected chi connectivity index (χ1v) is 11.1. The lowest BCUT2D eigenvalue weighted by Crippen LogP contribution is -2.10. The van der Waals surface area contributed by atoms with Gasteiger partial charge in [0.2, 0.25) is 0 Å². The Balaban J connectivity index is 1.77. The highest BCUT2D eigenvalue weighted by atomic mass is 16.5. The van der Waals surface area contributed by atoms with Crippen molar-refractivity contribution in [1.82, 2.24) is 0 Å². The van der Waals surface area contributed by atoms with Crippen LogP contribution in [0.15, 0.2) is 72.8 Å². The molecule has 0 heterocycles. The molecule has 3 aromatic rings. The van der Waals surface area contributed by atoms with Crippen molar-refractivity contribution >= 4 is 17.6 Å². The normalized spacial score (nSPS) is 11.9. The Morgan fingerprint density at radius 1 is 0.938 bits per heavy atom. The lowest BCUT2D eigenvalue weighted by atomic mass is 9.87. The molecule has 0 aliphatic heterocycles. The molecule has 0 bridgehead atoms. The summed E-state index contributed by atoms with van der Waals surface area (Å²) in [5, 5.41) is 9.75. The maximum Gasteiger partial charge on any atom is 0.336 e. The quantitative estimate of drug-likeness (QED) is 0.300. The third-order valence-electron chi connectivity index (χ3n) is 5.54. The Kier molecular flexibility index (Phi) is 7.53. The first-order chi connectivity index (χ1) is 15.3. The van der Waals surface area contributed by atoms with Crippen LogP contribution < -0.4 is 4.74 Å². The molecular weight excluding hydrogens is 396 g/mol. The van der Waals surface area contributed by atoms with Gasteiger partial charge in [0.15, 0.2) is 0 Å². The zero-order chi connectivity index (χ0) is 23.1. The van der Waals surface area contributed by atoms with Gasteiger partial charge in [-0.2, -0.15) is 0 Å². The Morgan fingerprint density at radius 2 is 1.62 bits per heavy atom. The molecule has 0 aliphatic rings. The molecule has 3 nitrogen and oxygen atoms in total. The summed E-state index contributed by atoms with van der Waals surface area (Å²) in [4.78, 5) is 11.9. The minimum atomic E-state index is -0.905. The van der Waals surface area contributed by atoms with E-state index in [2.05, 4.69) is 39.0 Å². The second kappa shape index (κ2) is 10.3. The van der Waals surface area contributed by atoms with Crippen molar-refractivity contribution in [3.8, 4) is 5.75 Å². The first-order valence-electron chi connectivity index (χ1n) is 11.1. The van der Waals surface area contributed by atoms with Crippen molar-refractivity contribution in [1.29, 1.82) is 0 Å². The van der Waals surface area contributed by atoms with Crippen LogP contribution in [0.4, 0.5) is 0 Å². The van der Waals surface area contributed by atoms with Crippen LogP contribution in [0.1, 0.15) is 66.2 Å². The third-order valence-corrected chi connectivity index (χ3v) is 5.54. The second-order valence-corrected chi connectivity index (χ2v) is 9.11. The molecular formula is C29H32O3. The zero-order valence-corrected chi connectivity index (χ0v) is 19.4. The van der Waals surface area contributed by atoms with E-state index in [-0.39, 0.29) is 5.41 Å². The number of rotatable bonds is 8. The molecule has 1 N–H and O–H groups in total. The predicted molar refractivity (Wildman–Crippen MR) is 132 cm³/mol. The van der Waals surface area contributed by atoms with E-state index in [1.54, 1.807) is 12.1 Å². The van der Waals surface area contributed by atoms with E-state index in [1.165, 1.54) is 5.56 Å². The van der Waals surface area contributed by atoms with Crippen LogP contribution >= 0.6 is 0 Å². The third kappa shape index (κ3) is 6.10. The number of carbonyl (C=O) groups is 1. The Morgan fingerprint density at radius 3 is 2.25 bits per heavy atom. The van der Waals surface area contributed by atoms with Crippen LogP contribution in [-0.2, 0) is 5.41 Å². The summed E-state index contributed by atoms with van der Waals surface area (Å²) in [7, 11) is 0. The summed E-state index contributed by atoms with van der Waals surface area (Å²) in [6.45, 7) is 9.12. The number of aryl methyl sites for hydroxylation is 1. The van der Waals surface area contributed by atoms with Crippen LogP contribution in [0.3, 0.4) is 0 Å². The van der Waals surface area contributed by atoms with E-state index >= 15 is 0 Å². The molecule has 3 rings (SSSR count). The Bertz CT molecular complexity index is 1070. The number of aromatic carboxylic acids is 1. The average Bonchev–Trinajstić information content (AvgIpc) is 2.76. The largest absolute Gasteiger partial charge is 0.494 e. The van der Waals surface area contributed by atoms with Crippen molar-refractivity contribution in [2.45, 2.75) is 46.0 Å². The minimum Gasteiger partial charge on any atom is -0.494 e. The summed E-state index contributed by atoms with van der Waals surface area (Å²) in [5.41, 5.74) is 5.57. The van der Waals surface area contributed by atoms with Gasteiger partial charge in [-0.15, -0.1) is 0 Å². The van der Waals surface area contributed by atoms with Crippen LogP contribution in [-0.4, -0.2) is 17.7 Å². The number of carboxylic acids is 1. The first kappa shape index (κ1) is 23.3. The lowest BCUT2D eigenvalue weighted by molar-refractivity contribution is 0.0696. The number of hydrogen-bond donors (Lipinski definition) is 1. The molecule has 32 heavy (non-hydrogen) atoms. The summed E-state index contributed by atoms with van der Waals surface area (Å²) < 4.78 is 5.97. The molecule has 0 amide bonds. The topological polar surface area (TPSA) is 46.5 Å². The fraction of sp³-hybridized carbons (Fsp3) is 0.276. The van der Waals surface area contributed by atoms with Gasteiger partial charge in [-0.25, -0.2) is 4.79 Å². The molecule has 0 aromatic heterocycles. The van der Waals surface area contributed by atoms with Gasteiger partial charge in [0.1, 0.15) is 5.75 Å². The van der Waals surface area contributed by atoms with Gasteiger partial charge in [-0.3, -0.25) is 0 Å². The van der Waals surface area contributed by atoms with Crippen LogP contribution in [0, 0.1) is 6.92 Å².